The van der Waals surface area contributed by atoms with Gasteiger partial charge in [0.15, 0.2) is 6.10 Å². The molecule has 326 valence electrons. The van der Waals surface area contributed by atoms with Crippen LogP contribution >= 0.6 is 0 Å². The van der Waals surface area contributed by atoms with Gasteiger partial charge in [-0.1, -0.05) is 239 Å². The lowest BCUT2D eigenvalue weighted by Crippen LogP contribution is -2.30. The minimum Gasteiger partial charge on any atom is -0.462 e. The maximum absolute atomic E-state index is 12.6. The molecule has 0 rings (SSSR count). The van der Waals surface area contributed by atoms with Gasteiger partial charge in [0, 0.05) is 19.3 Å². The summed E-state index contributed by atoms with van der Waals surface area (Å²) in [5.41, 5.74) is 0. The van der Waals surface area contributed by atoms with Crippen LogP contribution in [0.4, 0.5) is 0 Å². The molecule has 1 atom stereocenters. The van der Waals surface area contributed by atoms with Gasteiger partial charge < -0.3 is 14.2 Å². The minimum atomic E-state index is -0.756. The second-order valence-corrected chi connectivity index (χ2v) is 16.7. The molecule has 0 fully saturated rings. The van der Waals surface area contributed by atoms with Gasteiger partial charge in [-0.05, 0) is 19.3 Å². The number of carbonyl (C=O) groups is 3. The molecule has 6 heteroatoms. The van der Waals surface area contributed by atoms with Crippen molar-refractivity contribution in [3.63, 3.8) is 0 Å². The number of esters is 3. The summed E-state index contributed by atoms with van der Waals surface area (Å²) in [5.74, 6) is -0.862. The molecular formula is C49H94O6. The van der Waals surface area contributed by atoms with E-state index in [2.05, 4.69) is 20.8 Å². The van der Waals surface area contributed by atoms with Crippen LogP contribution in [0.15, 0.2) is 0 Å². The van der Waals surface area contributed by atoms with Gasteiger partial charge in [0.1, 0.15) is 13.2 Å². The standard InChI is InChI=1S/C49H94O6/c1-4-7-10-13-16-18-19-20-21-22-23-24-25-26-27-28-29-30-32-33-36-39-42-48(51)54-45-46(44-53-47(50)41-38-35-15-12-9-6-3)55-49(52)43-40-37-34-31-17-14-11-8-5-2/h46H,4-45H2,1-3H3. The van der Waals surface area contributed by atoms with E-state index in [0.29, 0.717) is 19.3 Å². The van der Waals surface area contributed by atoms with Crippen LogP contribution in [-0.2, 0) is 28.6 Å². The number of carbonyl (C=O) groups excluding carboxylic acids is 3. The number of unbranched alkanes of at least 4 members (excludes halogenated alkanes) is 34. The van der Waals surface area contributed by atoms with Crippen LogP contribution in [0.25, 0.3) is 0 Å². The molecule has 0 aromatic rings. The Labute approximate surface area is 342 Å². The summed E-state index contributed by atoms with van der Waals surface area (Å²) < 4.78 is 16.6. The van der Waals surface area contributed by atoms with E-state index < -0.39 is 6.10 Å². The molecule has 0 heterocycles. The Morgan fingerprint density at radius 2 is 0.491 bits per heavy atom. The average Bonchev–Trinajstić information content (AvgIpc) is 3.18. The van der Waals surface area contributed by atoms with E-state index in [1.165, 1.54) is 180 Å². The Morgan fingerprint density at radius 1 is 0.291 bits per heavy atom. The lowest BCUT2D eigenvalue weighted by Gasteiger charge is -2.18. The first-order valence-corrected chi connectivity index (χ1v) is 24.5. The molecule has 0 aromatic carbocycles. The molecule has 0 bridgehead atoms. The molecule has 0 aliphatic heterocycles. The summed E-state index contributed by atoms with van der Waals surface area (Å²) in [6, 6.07) is 0. The van der Waals surface area contributed by atoms with Gasteiger partial charge >= 0.3 is 17.9 Å². The molecule has 0 amide bonds. The van der Waals surface area contributed by atoms with Crippen LogP contribution in [0.5, 0.6) is 0 Å². The SMILES string of the molecule is CCCCCCCCCCCCCCCCCCCCCCCCC(=O)OCC(COC(=O)CCCCCCCC)OC(=O)CCCCCCCCCCC. The highest BCUT2D eigenvalue weighted by molar-refractivity contribution is 5.71. The number of hydrogen-bond donors (Lipinski definition) is 0. The van der Waals surface area contributed by atoms with Crippen molar-refractivity contribution < 1.29 is 28.6 Å². The summed E-state index contributed by atoms with van der Waals surface area (Å²) in [4.78, 5) is 37.5. The summed E-state index contributed by atoms with van der Waals surface area (Å²) in [6.45, 7) is 6.59. The number of hydrogen-bond acceptors (Lipinski definition) is 6. The quantitative estimate of drug-likeness (QED) is 0.0348. The molecule has 0 radical (unpaired) electrons. The maximum Gasteiger partial charge on any atom is 0.306 e. The van der Waals surface area contributed by atoms with E-state index in [1.54, 1.807) is 0 Å². The summed E-state index contributed by atoms with van der Waals surface area (Å²) in [5, 5.41) is 0. The normalized spacial score (nSPS) is 11.8. The first-order chi connectivity index (χ1) is 27.0. The first kappa shape index (κ1) is 53.4. The highest BCUT2D eigenvalue weighted by Crippen LogP contribution is 2.17. The van der Waals surface area contributed by atoms with Gasteiger partial charge in [-0.3, -0.25) is 14.4 Å². The second-order valence-electron chi connectivity index (χ2n) is 16.7. The van der Waals surface area contributed by atoms with Crippen LogP contribution in [0.1, 0.15) is 278 Å². The van der Waals surface area contributed by atoms with Crippen molar-refractivity contribution in [3.8, 4) is 0 Å². The van der Waals surface area contributed by atoms with Crippen molar-refractivity contribution in [2.75, 3.05) is 13.2 Å². The molecule has 0 spiro atoms. The molecular weight excluding hydrogens is 685 g/mol. The maximum atomic E-state index is 12.6. The Balaban J connectivity index is 4.02. The Bertz CT molecular complexity index is 813. The summed E-state index contributed by atoms with van der Waals surface area (Å²) in [7, 11) is 0. The fourth-order valence-electron chi connectivity index (χ4n) is 7.38. The summed E-state index contributed by atoms with van der Waals surface area (Å²) in [6.07, 6.45) is 47.0. The fraction of sp³-hybridized carbons (Fsp3) is 0.939. The van der Waals surface area contributed by atoms with Crippen molar-refractivity contribution in [1.82, 2.24) is 0 Å². The zero-order valence-electron chi connectivity index (χ0n) is 37.2. The predicted octanol–water partition coefficient (Wildman–Crippen LogP) is 15.6. The van der Waals surface area contributed by atoms with Gasteiger partial charge in [0.2, 0.25) is 0 Å². The topological polar surface area (TPSA) is 78.9 Å². The molecule has 1 unspecified atom stereocenters. The molecule has 0 aromatic heterocycles. The van der Waals surface area contributed by atoms with E-state index in [0.717, 1.165) is 57.8 Å². The van der Waals surface area contributed by atoms with E-state index in [4.69, 9.17) is 14.2 Å². The highest BCUT2D eigenvalue weighted by Gasteiger charge is 2.19. The highest BCUT2D eigenvalue weighted by atomic mass is 16.6. The number of rotatable bonds is 45. The van der Waals surface area contributed by atoms with Crippen molar-refractivity contribution in [2.45, 2.75) is 284 Å². The third kappa shape index (κ3) is 43.4. The van der Waals surface area contributed by atoms with Gasteiger partial charge in [0.25, 0.3) is 0 Å². The zero-order valence-corrected chi connectivity index (χ0v) is 37.2. The predicted molar refractivity (Wildman–Crippen MR) is 233 cm³/mol. The van der Waals surface area contributed by atoms with Gasteiger partial charge in [0.05, 0.1) is 0 Å². The molecule has 0 saturated heterocycles. The molecule has 55 heavy (non-hydrogen) atoms. The van der Waals surface area contributed by atoms with E-state index in [9.17, 15) is 14.4 Å². The number of ether oxygens (including phenoxy) is 3. The van der Waals surface area contributed by atoms with Crippen molar-refractivity contribution >= 4 is 17.9 Å². The van der Waals surface area contributed by atoms with E-state index >= 15 is 0 Å². The first-order valence-electron chi connectivity index (χ1n) is 24.5. The largest absolute Gasteiger partial charge is 0.462 e. The van der Waals surface area contributed by atoms with E-state index in [-0.39, 0.29) is 31.1 Å². The Hall–Kier alpha value is -1.59. The van der Waals surface area contributed by atoms with Crippen molar-refractivity contribution in [2.24, 2.45) is 0 Å². The van der Waals surface area contributed by atoms with Gasteiger partial charge in [-0.15, -0.1) is 0 Å². The fourth-order valence-corrected chi connectivity index (χ4v) is 7.38. The van der Waals surface area contributed by atoms with Crippen LogP contribution in [0.2, 0.25) is 0 Å². The Kier molecular flexibility index (Phi) is 43.8. The lowest BCUT2D eigenvalue weighted by molar-refractivity contribution is -0.167. The molecule has 0 N–H and O–H groups in total. The summed E-state index contributed by atoms with van der Waals surface area (Å²) >= 11 is 0. The third-order valence-electron chi connectivity index (χ3n) is 11.1. The monoisotopic (exact) mass is 779 g/mol. The van der Waals surface area contributed by atoms with Crippen LogP contribution < -0.4 is 0 Å². The van der Waals surface area contributed by atoms with Crippen molar-refractivity contribution in [1.29, 1.82) is 0 Å². The van der Waals surface area contributed by atoms with E-state index in [1.807, 2.05) is 0 Å². The smallest absolute Gasteiger partial charge is 0.306 e. The van der Waals surface area contributed by atoms with Crippen LogP contribution in [0, 0.1) is 0 Å². The second kappa shape index (κ2) is 45.1. The van der Waals surface area contributed by atoms with Crippen LogP contribution in [0.3, 0.4) is 0 Å². The zero-order chi connectivity index (χ0) is 40.1. The van der Waals surface area contributed by atoms with Gasteiger partial charge in [-0.25, -0.2) is 0 Å². The minimum absolute atomic E-state index is 0.0636. The third-order valence-corrected chi connectivity index (χ3v) is 11.1. The molecule has 6 nitrogen and oxygen atoms in total. The lowest BCUT2D eigenvalue weighted by atomic mass is 10.0. The van der Waals surface area contributed by atoms with Crippen molar-refractivity contribution in [3.05, 3.63) is 0 Å². The Morgan fingerprint density at radius 3 is 0.727 bits per heavy atom. The van der Waals surface area contributed by atoms with Crippen LogP contribution in [-0.4, -0.2) is 37.2 Å². The molecule has 0 aliphatic carbocycles. The van der Waals surface area contributed by atoms with Gasteiger partial charge in [-0.2, -0.15) is 0 Å². The average molecular weight is 779 g/mol. The molecule has 0 aliphatic rings. The molecule has 0 saturated carbocycles.